The van der Waals surface area contributed by atoms with Gasteiger partial charge in [0.05, 0.1) is 17.4 Å². The Morgan fingerprint density at radius 2 is 1.90 bits per heavy atom. The van der Waals surface area contributed by atoms with E-state index in [9.17, 15) is 4.79 Å². The fourth-order valence-corrected chi connectivity index (χ4v) is 2.74. The van der Waals surface area contributed by atoms with Crippen molar-refractivity contribution in [1.82, 2.24) is 0 Å². The van der Waals surface area contributed by atoms with Crippen molar-refractivity contribution in [2.45, 2.75) is 11.8 Å². The van der Waals surface area contributed by atoms with Crippen LogP contribution in [0.3, 0.4) is 0 Å². The molecule has 5 heteroatoms. The van der Waals surface area contributed by atoms with Crippen LogP contribution in [0.1, 0.15) is 6.92 Å². The van der Waals surface area contributed by atoms with Gasteiger partial charge in [-0.15, -0.1) is 11.8 Å². The third-order valence-corrected chi connectivity index (χ3v) is 4.16. The van der Waals surface area contributed by atoms with E-state index >= 15 is 0 Å². The largest absolute Gasteiger partial charge is 0.494 e. The first-order chi connectivity index (χ1) is 10.2. The molecule has 2 aromatic carbocycles. The van der Waals surface area contributed by atoms with Crippen molar-refractivity contribution < 1.29 is 9.53 Å². The SMILES string of the molecule is CCOc1ccc(NC(=O)CSc2ccccc2Cl)cc1. The molecule has 0 spiro atoms. The Balaban J connectivity index is 1.85. The summed E-state index contributed by atoms with van der Waals surface area (Å²) in [6.45, 7) is 2.56. The maximum atomic E-state index is 11.9. The number of hydrogen-bond donors (Lipinski definition) is 1. The molecule has 0 aromatic heterocycles. The van der Waals surface area contributed by atoms with E-state index in [1.165, 1.54) is 11.8 Å². The molecule has 2 rings (SSSR count). The van der Waals surface area contributed by atoms with Gasteiger partial charge in [0.1, 0.15) is 5.75 Å². The molecule has 0 aliphatic heterocycles. The average molecular weight is 322 g/mol. The van der Waals surface area contributed by atoms with Crippen LogP contribution >= 0.6 is 23.4 Å². The molecule has 0 heterocycles. The number of rotatable bonds is 6. The summed E-state index contributed by atoms with van der Waals surface area (Å²) in [5.41, 5.74) is 0.753. The number of anilines is 1. The number of amides is 1. The first-order valence-electron chi connectivity index (χ1n) is 6.59. The number of halogens is 1. The van der Waals surface area contributed by atoms with Crippen LogP contribution in [-0.2, 0) is 4.79 Å². The zero-order valence-corrected chi connectivity index (χ0v) is 13.2. The number of carbonyl (C=O) groups excluding carboxylic acids is 1. The predicted molar refractivity (Wildman–Crippen MR) is 88.4 cm³/mol. The van der Waals surface area contributed by atoms with Gasteiger partial charge >= 0.3 is 0 Å². The van der Waals surface area contributed by atoms with Crippen molar-refractivity contribution in [3.05, 3.63) is 53.6 Å². The van der Waals surface area contributed by atoms with Gasteiger partial charge in [0.2, 0.25) is 5.91 Å². The normalized spacial score (nSPS) is 10.2. The molecule has 0 saturated carbocycles. The molecule has 1 N–H and O–H groups in total. The molecule has 21 heavy (non-hydrogen) atoms. The standard InChI is InChI=1S/C16H16ClNO2S/c1-2-20-13-9-7-12(8-10-13)18-16(19)11-21-15-6-4-3-5-14(15)17/h3-10H,2,11H2,1H3,(H,18,19). The summed E-state index contributed by atoms with van der Waals surface area (Å²) in [5, 5.41) is 3.51. The van der Waals surface area contributed by atoms with E-state index in [1.54, 1.807) is 0 Å². The molecule has 110 valence electrons. The molecule has 2 aromatic rings. The number of ether oxygens (including phenoxy) is 1. The summed E-state index contributed by atoms with van der Waals surface area (Å²) in [7, 11) is 0. The van der Waals surface area contributed by atoms with Crippen molar-refractivity contribution in [2.24, 2.45) is 0 Å². The minimum absolute atomic E-state index is 0.0657. The summed E-state index contributed by atoms with van der Waals surface area (Å²) < 4.78 is 5.35. The first kappa shape index (κ1) is 15.7. The van der Waals surface area contributed by atoms with Gasteiger partial charge in [-0.05, 0) is 43.3 Å². The van der Waals surface area contributed by atoms with Crippen LogP contribution < -0.4 is 10.1 Å². The van der Waals surface area contributed by atoms with E-state index in [0.717, 1.165) is 16.3 Å². The van der Waals surface area contributed by atoms with Crippen LogP contribution in [0.15, 0.2) is 53.4 Å². The third-order valence-electron chi connectivity index (χ3n) is 2.64. The molecule has 0 fully saturated rings. The molecule has 0 aliphatic rings. The summed E-state index contributed by atoms with van der Waals surface area (Å²) in [6.07, 6.45) is 0. The van der Waals surface area contributed by atoms with Crippen LogP contribution in [0.25, 0.3) is 0 Å². The minimum atomic E-state index is -0.0657. The molecule has 0 bridgehead atoms. The van der Waals surface area contributed by atoms with Crippen LogP contribution in [0.2, 0.25) is 5.02 Å². The second-order valence-corrected chi connectivity index (χ2v) is 5.65. The van der Waals surface area contributed by atoms with Crippen molar-refractivity contribution in [2.75, 3.05) is 17.7 Å². The average Bonchev–Trinajstić information content (AvgIpc) is 2.49. The van der Waals surface area contributed by atoms with E-state index in [1.807, 2.05) is 55.5 Å². The maximum Gasteiger partial charge on any atom is 0.234 e. The molecular formula is C16H16ClNO2S. The van der Waals surface area contributed by atoms with E-state index in [2.05, 4.69) is 5.32 Å². The second kappa shape index (κ2) is 7.96. The third kappa shape index (κ3) is 4.99. The topological polar surface area (TPSA) is 38.3 Å². The van der Waals surface area contributed by atoms with Gasteiger partial charge in [-0.3, -0.25) is 4.79 Å². The highest BCUT2D eigenvalue weighted by Gasteiger charge is 2.06. The van der Waals surface area contributed by atoms with Crippen molar-refractivity contribution >= 4 is 35.0 Å². The Kier molecular flexibility index (Phi) is 5.96. The number of nitrogens with one attached hydrogen (secondary N) is 1. The van der Waals surface area contributed by atoms with Gasteiger partial charge in [0.25, 0.3) is 0 Å². The van der Waals surface area contributed by atoms with Crippen molar-refractivity contribution in [3.8, 4) is 5.75 Å². The van der Waals surface area contributed by atoms with Crippen LogP contribution in [0.5, 0.6) is 5.75 Å². The summed E-state index contributed by atoms with van der Waals surface area (Å²) >= 11 is 7.47. The maximum absolute atomic E-state index is 11.9. The Morgan fingerprint density at radius 3 is 2.57 bits per heavy atom. The minimum Gasteiger partial charge on any atom is -0.494 e. The van der Waals surface area contributed by atoms with Gasteiger partial charge in [0, 0.05) is 10.6 Å². The fourth-order valence-electron chi connectivity index (χ4n) is 1.70. The molecule has 1 amide bonds. The Labute approximate surface area is 133 Å². The first-order valence-corrected chi connectivity index (χ1v) is 7.95. The molecule has 0 unspecified atom stereocenters. The monoisotopic (exact) mass is 321 g/mol. The van der Waals surface area contributed by atoms with Gasteiger partial charge in [-0.2, -0.15) is 0 Å². The smallest absolute Gasteiger partial charge is 0.234 e. The Bertz CT molecular complexity index is 601. The van der Waals surface area contributed by atoms with Crippen LogP contribution in [0.4, 0.5) is 5.69 Å². The Morgan fingerprint density at radius 1 is 1.19 bits per heavy atom. The quantitative estimate of drug-likeness (QED) is 0.798. The number of carbonyl (C=O) groups is 1. The van der Waals surface area contributed by atoms with Gasteiger partial charge in [-0.1, -0.05) is 23.7 Å². The highest BCUT2D eigenvalue weighted by Crippen LogP contribution is 2.26. The lowest BCUT2D eigenvalue weighted by molar-refractivity contribution is -0.113. The zero-order chi connectivity index (χ0) is 15.1. The highest BCUT2D eigenvalue weighted by molar-refractivity contribution is 8.00. The van der Waals surface area contributed by atoms with E-state index in [-0.39, 0.29) is 5.91 Å². The number of benzene rings is 2. The number of thioether (sulfide) groups is 1. The van der Waals surface area contributed by atoms with Crippen LogP contribution in [-0.4, -0.2) is 18.3 Å². The Hall–Kier alpha value is -1.65. The summed E-state index contributed by atoms with van der Waals surface area (Å²) in [6, 6.07) is 14.8. The van der Waals surface area contributed by atoms with Gasteiger partial charge in [0.15, 0.2) is 0 Å². The van der Waals surface area contributed by atoms with E-state index < -0.39 is 0 Å². The van der Waals surface area contributed by atoms with E-state index in [0.29, 0.717) is 17.4 Å². The zero-order valence-electron chi connectivity index (χ0n) is 11.6. The van der Waals surface area contributed by atoms with Crippen molar-refractivity contribution in [3.63, 3.8) is 0 Å². The predicted octanol–water partition coefficient (Wildman–Crippen LogP) is 4.47. The lowest BCUT2D eigenvalue weighted by atomic mass is 10.3. The van der Waals surface area contributed by atoms with Crippen LogP contribution in [0, 0.1) is 0 Å². The lowest BCUT2D eigenvalue weighted by Gasteiger charge is -2.07. The van der Waals surface area contributed by atoms with Gasteiger partial charge < -0.3 is 10.1 Å². The lowest BCUT2D eigenvalue weighted by Crippen LogP contribution is -2.13. The molecule has 0 atom stereocenters. The summed E-state index contributed by atoms with van der Waals surface area (Å²) in [4.78, 5) is 12.8. The second-order valence-electron chi connectivity index (χ2n) is 4.22. The molecular weight excluding hydrogens is 306 g/mol. The van der Waals surface area contributed by atoms with Gasteiger partial charge in [-0.25, -0.2) is 0 Å². The summed E-state index contributed by atoms with van der Waals surface area (Å²) in [5.74, 6) is 1.04. The molecule has 3 nitrogen and oxygen atoms in total. The molecule has 0 saturated heterocycles. The fraction of sp³-hybridized carbons (Fsp3) is 0.188. The number of hydrogen-bond acceptors (Lipinski definition) is 3. The molecule has 0 radical (unpaired) electrons. The highest BCUT2D eigenvalue weighted by atomic mass is 35.5. The molecule has 0 aliphatic carbocycles. The van der Waals surface area contributed by atoms with E-state index in [4.69, 9.17) is 16.3 Å². The van der Waals surface area contributed by atoms with Crippen molar-refractivity contribution in [1.29, 1.82) is 0 Å².